The molecule has 534 valence electrons. The lowest BCUT2D eigenvalue weighted by molar-refractivity contribution is 0.583. The molecule has 24 rings (SSSR count). The molecule has 0 aromatic heterocycles. The van der Waals surface area contributed by atoms with Crippen molar-refractivity contribution in [3.8, 4) is 89.0 Å². The Morgan fingerprint density at radius 3 is 1.00 bits per heavy atom. The van der Waals surface area contributed by atoms with E-state index in [4.69, 9.17) is 0 Å². The maximum Gasteiger partial charge on any atom is 0.0726 e. The van der Waals surface area contributed by atoms with E-state index in [1.54, 1.807) is 0 Å². The smallest absolute Gasteiger partial charge is 0.0726 e. The van der Waals surface area contributed by atoms with Crippen LogP contribution in [0.3, 0.4) is 0 Å². The third-order valence-corrected chi connectivity index (χ3v) is 27.1. The summed E-state index contributed by atoms with van der Waals surface area (Å²) in [7, 11) is 0. The lowest BCUT2D eigenvalue weighted by atomic mass is 9.70. The van der Waals surface area contributed by atoms with Crippen LogP contribution in [0, 0.1) is 0 Å². The van der Waals surface area contributed by atoms with Crippen molar-refractivity contribution in [1.29, 1.82) is 0 Å². The summed E-state index contributed by atoms with van der Waals surface area (Å²) >= 11 is 0. The van der Waals surface area contributed by atoms with E-state index in [-0.39, 0.29) is 10.8 Å². The summed E-state index contributed by atoms with van der Waals surface area (Å²) in [5, 5.41) is 4.94. The molecule has 6 aliphatic rings. The highest BCUT2D eigenvalue weighted by molar-refractivity contribution is 6.02. The van der Waals surface area contributed by atoms with E-state index in [9.17, 15) is 0 Å². The lowest BCUT2D eigenvalue weighted by Gasteiger charge is -2.33. The molecule has 0 aliphatic heterocycles. The highest BCUT2D eigenvalue weighted by Gasteiger charge is 2.54. The number of hydrogen-bond acceptors (Lipinski definition) is 2. The van der Waals surface area contributed by atoms with E-state index in [0.717, 1.165) is 40.5 Å². The van der Waals surface area contributed by atoms with Gasteiger partial charge in [0.05, 0.1) is 10.8 Å². The molecule has 2 nitrogen and oxygen atoms in total. The van der Waals surface area contributed by atoms with Crippen molar-refractivity contribution in [3.63, 3.8) is 0 Å². The molecule has 2 heteroatoms. The molecule has 6 aliphatic carbocycles. The predicted molar refractivity (Wildman–Crippen MR) is 474 cm³/mol. The van der Waals surface area contributed by atoms with Gasteiger partial charge < -0.3 is 9.80 Å². The minimum Gasteiger partial charge on any atom is -0.310 e. The number of nitrogens with zero attached hydrogens (tertiary/aromatic N) is 2. The summed E-state index contributed by atoms with van der Waals surface area (Å²) in [6, 6.07) is 151. The first-order valence-electron chi connectivity index (χ1n) is 40.3. The van der Waals surface area contributed by atoms with Crippen LogP contribution in [0.4, 0.5) is 34.1 Å². The number of hydrogen-bond donors (Lipinski definition) is 0. The Hall–Kier alpha value is -13.9. The summed E-state index contributed by atoms with van der Waals surface area (Å²) in [5.74, 6) is 0. The molecule has 0 saturated heterocycles. The van der Waals surface area contributed by atoms with Crippen LogP contribution < -0.4 is 9.80 Å². The second-order valence-corrected chi connectivity index (χ2v) is 33.1. The first-order chi connectivity index (χ1) is 56.1. The largest absolute Gasteiger partial charge is 0.310 e. The second-order valence-electron chi connectivity index (χ2n) is 33.1. The minimum absolute atomic E-state index is 0.181. The Bertz CT molecular complexity index is 7020. The van der Waals surface area contributed by atoms with Gasteiger partial charge in [0.25, 0.3) is 0 Å². The van der Waals surface area contributed by atoms with Crippen molar-refractivity contribution < 1.29 is 0 Å². The number of fused-ring (bicyclic) bond motifs is 28. The molecule has 0 bridgehead atoms. The highest BCUT2D eigenvalue weighted by atomic mass is 15.1. The first-order valence-corrected chi connectivity index (χ1v) is 40.3. The zero-order valence-corrected chi connectivity index (χ0v) is 63.6. The van der Waals surface area contributed by atoms with E-state index in [2.05, 4.69) is 425 Å². The molecule has 1 unspecified atom stereocenters. The molecular formula is C112H76N2. The fraction of sp³-hybridized carbons (Fsp3) is 0.0714. The summed E-state index contributed by atoms with van der Waals surface area (Å²) < 4.78 is 0. The average Bonchev–Trinajstić information content (AvgIpc) is 1.51. The van der Waals surface area contributed by atoms with Gasteiger partial charge in [0.2, 0.25) is 0 Å². The molecule has 0 N–H and O–H groups in total. The summed E-state index contributed by atoms with van der Waals surface area (Å²) in [5.41, 5.74) is 42.9. The van der Waals surface area contributed by atoms with E-state index in [1.807, 2.05) is 0 Å². The third-order valence-electron chi connectivity index (χ3n) is 27.1. The van der Waals surface area contributed by atoms with Gasteiger partial charge in [-0.15, -0.1) is 0 Å². The van der Waals surface area contributed by atoms with Crippen LogP contribution >= 0.6 is 0 Å². The molecule has 0 radical (unpaired) electrons. The maximum absolute atomic E-state index is 2.54. The zero-order chi connectivity index (χ0) is 75.3. The standard InChI is InChI=1S/C112H76N2/c1-109(2)97-35-14-6-26-85(97)93-59-55-79(65-105(93)109)113(81-57-61-95-91-32-12-20-41-103(91)111(107(95)67-81)99-37-16-8-28-87(99)88-29-9-17-38-100(88)111)77-51-47-71(48-52-77)75-46-45-72-44-43-70(63-76(72)64-75)69-110(3)98-36-15-7-27-86(98)94-60-56-80(66-106(94)110)114(78-53-49-74(50-54-78)84-34-22-24-73-23-4-5-25-83(73)84)82-58-62-96-92-33-13-21-42-104(92)112(108(96)68-82)101-39-18-10-30-89(101)90-31-11-19-40-102(90)112/h4-68H,69H2,1-3H3. The topological polar surface area (TPSA) is 6.48 Å². The van der Waals surface area contributed by atoms with Crippen LogP contribution in [0.5, 0.6) is 0 Å². The molecule has 18 aromatic rings. The summed E-state index contributed by atoms with van der Waals surface area (Å²) in [4.78, 5) is 5.05. The van der Waals surface area contributed by atoms with Gasteiger partial charge in [0.15, 0.2) is 0 Å². The quantitative estimate of drug-likeness (QED) is 0.135. The van der Waals surface area contributed by atoms with Crippen molar-refractivity contribution in [3.05, 3.63) is 467 Å². The maximum atomic E-state index is 2.54. The molecule has 0 heterocycles. The molecular weight excluding hydrogens is 1370 g/mol. The van der Waals surface area contributed by atoms with Gasteiger partial charge in [0, 0.05) is 45.0 Å². The van der Waals surface area contributed by atoms with Crippen molar-refractivity contribution in [2.75, 3.05) is 9.80 Å². The lowest BCUT2D eigenvalue weighted by Crippen LogP contribution is -2.26. The summed E-state index contributed by atoms with van der Waals surface area (Å²) in [6.45, 7) is 7.28. The van der Waals surface area contributed by atoms with Crippen molar-refractivity contribution in [2.24, 2.45) is 0 Å². The molecule has 0 amide bonds. The molecule has 1 atom stereocenters. The SMILES string of the molecule is CC1(C)c2ccccc2-c2ccc(N(c3ccc(-c4ccc5ccc(CC6(C)c7ccccc7-c7ccc(N(c8ccc(-c9cccc%10ccccc9%10)cc8)c8ccc9c(c8)C8(c%10ccccc%10-c%10ccccc%108)c8ccccc8-9)cc76)cc5c4)cc3)c3ccc4c(c3)C3(c5ccccc5-c5ccccc53)c3ccccc3-4)cc21. The molecule has 0 fully saturated rings. The van der Waals surface area contributed by atoms with Crippen LogP contribution in [0.2, 0.25) is 0 Å². The van der Waals surface area contributed by atoms with Crippen molar-refractivity contribution >= 4 is 55.7 Å². The van der Waals surface area contributed by atoms with Gasteiger partial charge in [-0.05, 0) is 268 Å². The van der Waals surface area contributed by atoms with Crippen LogP contribution in [-0.4, -0.2) is 0 Å². The van der Waals surface area contributed by atoms with Crippen LogP contribution in [0.15, 0.2) is 394 Å². The number of anilines is 6. The zero-order valence-electron chi connectivity index (χ0n) is 63.6. The molecule has 0 saturated carbocycles. The van der Waals surface area contributed by atoms with Crippen molar-refractivity contribution in [2.45, 2.75) is 48.9 Å². The second kappa shape index (κ2) is 24.0. The van der Waals surface area contributed by atoms with E-state index in [0.29, 0.717) is 0 Å². The van der Waals surface area contributed by atoms with Gasteiger partial charge in [-0.2, -0.15) is 0 Å². The Morgan fingerprint density at radius 2 is 0.518 bits per heavy atom. The van der Waals surface area contributed by atoms with Crippen LogP contribution in [0.25, 0.3) is 111 Å². The minimum atomic E-state index is -0.499. The molecule has 114 heavy (non-hydrogen) atoms. The Balaban J connectivity index is 0.609. The van der Waals surface area contributed by atoms with E-state index in [1.165, 1.54) is 183 Å². The van der Waals surface area contributed by atoms with Gasteiger partial charge >= 0.3 is 0 Å². The summed E-state index contributed by atoms with van der Waals surface area (Å²) in [6.07, 6.45) is 0.810. The molecule has 2 spiro atoms. The monoisotopic (exact) mass is 1450 g/mol. The predicted octanol–water partition coefficient (Wildman–Crippen LogP) is 28.8. The Kier molecular flexibility index (Phi) is 13.7. The van der Waals surface area contributed by atoms with Gasteiger partial charge in [-0.25, -0.2) is 0 Å². The van der Waals surface area contributed by atoms with E-state index >= 15 is 0 Å². The molecule has 18 aromatic carbocycles. The fourth-order valence-corrected chi connectivity index (χ4v) is 22.1. The number of rotatable bonds is 10. The number of benzene rings is 18. The van der Waals surface area contributed by atoms with Gasteiger partial charge in [-0.1, -0.05) is 336 Å². The Morgan fingerprint density at radius 1 is 0.193 bits per heavy atom. The van der Waals surface area contributed by atoms with Crippen molar-refractivity contribution in [1.82, 2.24) is 0 Å². The van der Waals surface area contributed by atoms with Crippen LogP contribution in [0.1, 0.15) is 93.1 Å². The fourth-order valence-electron chi connectivity index (χ4n) is 22.1. The third kappa shape index (κ3) is 8.91. The van der Waals surface area contributed by atoms with E-state index < -0.39 is 10.8 Å². The Labute approximate surface area is 665 Å². The highest BCUT2D eigenvalue weighted by Crippen LogP contribution is 2.66. The average molecular weight is 1450 g/mol. The van der Waals surface area contributed by atoms with Gasteiger partial charge in [-0.3, -0.25) is 0 Å². The first kappa shape index (κ1) is 64.9. The van der Waals surface area contributed by atoms with Gasteiger partial charge in [0.1, 0.15) is 0 Å². The van der Waals surface area contributed by atoms with Crippen LogP contribution in [-0.2, 0) is 28.1 Å². The normalized spacial score (nSPS) is 15.4.